The molecule has 1 aliphatic rings. The molecule has 0 aliphatic carbocycles. The summed E-state index contributed by atoms with van der Waals surface area (Å²) in [4.78, 5) is 58.0. The quantitative estimate of drug-likeness (QED) is 0.187. The van der Waals surface area contributed by atoms with Crippen LogP contribution in [0.15, 0.2) is 42.6 Å². The number of carbonyl (C=O) groups excluding carboxylic acids is 5. The summed E-state index contributed by atoms with van der Waals surface area (Å²) in [7, 11) is 5.31. The van der Waals surface area contributed by atoms with Gasteiger partial charge in [0.1, 0.15) is 25.2 Å². The van der Waals surface area contributed by atoms with Crippen molar-refractivity contribution < 1.29 is 28.7 Å². The van der Waals surface area contributed by atoms with Crippen molar-refractivity contribution >= 4 is 51.7 Å². The number of methoxy groups -OCH3 is 1. The lowest BCUT2D eigenvalue weighted by Gasteiger charge is -2.28. The summed E-state index contributed by atoms with van der Waals surface area (Å²) in [6.07, 6.45) is 5.35. The van der Waals surface area contributed by atoms with Gasteiger partial charge in [0, 0.05) is 36.6 Å². The fourth-order valence-electron chi connectivity index (χ4n) is 5.44. The Bertz CT molecular complexity index is 1720. The summed E-state index contributed by atoms with van der Waals surface area (Å²) in [6, 6.07) is 12.4. The number of likely N-dealkylation sites (tertiary alicyclic amines) is 1. The molecule has 46 heavy (non-hydrogen) atoms. The normalized spacial score (nSPS) is 13.6. The van der Waals surface area contributed by atoms with Gasteiger partial charge in [-0.05, 0) is 63.2 Å². The Morgan fingerprint density at radius 1 is 1.00 bits per heavy atom. The van der Waals surface area contributed by atoms with E-state index < -0.39 is 11.9 Å². The van der Waals surface area contributed by atoms with E-state index >= 15 is 0 Å². The number of nitrogens with one attached hydrogen (secondary N) is 2. The number of fused-ring (bicyclic) bond motifs is 2. The number of carbonyl (C=O) groups is 5. The number of ether oxygens (including phenoxy) is 1. The number of Topliss-reactive ketones (excluding diaryl/α,β-unsaturated/α-hetero) is 1. The van der Waals surface area contributed by atoms with Crippen molar-refractivity contribution in [1.82, 2.24) is 35.1 Å². The molecule has 0 atom stereocenters. The number of aromatic nitrogens is 4. The summed E-state index contributed by atoms with van der Waals surface area (Å²) >= 11 is 0. The predicted molar refractivity (Wildman–Crippen MR) is 173 cm³/mol. The van der Waals surface area contributed by atoms with E-state index in [1.54, 1.807) is 4.68 Å². The molecular formula is C33H41N7O6. The SMILES string of the molecule is CC(=O)CCC=O.COC(=O)CNC(=O)CNC(=O)Cn1nc(C2CCN(C)CC2)c2c(-c3ccc4cnn(C)c4c3)cccc21. The number of hydrogen-bond donors (Lipinski definition) is 2. The molecule has 1 saturated heterocycles. The third kappa shape index (κ3) is 8.62. The lowest BCUT2D eigenvalue weighted by Crippen LogP contribution is -2.40. The third-order valence-corrected chi connectivity index (χ3v) is 7.98. The van der Waals surface area contributed by atoms with Crippen molar-refractivity contribution in [2.45, 2.75) is 45.1 Å². The van der Waals surface area contributed by atoms with E-state index in [0.29, 0.717) is 12.8 Å². The number of esters is 1. The topological polar surface area (TPSA) is 158 Å². The van der Waals surface area contributed by atoms with Gasteiger partial charge in [0.15, 0.2) is 0 Å². The van der Waals surface area contributed by atoms with Gasteiger partial charge in [-0.1, -0.05) is 24.3 Å². The van der Waals surface area contributed by atoms with Gasteiger partial charge in [0.25, 0.3) is 0 Å². The van der Waals surface area contributed by atoms with Gasteiger partial charge in [-0.3, -0.25) is 23.7 Å². The van der Waals surface area contributed by atoms with E-state index in [1.165, 1.54) is 14.0 Å². The lowest BCUT2D eigenvalue weighted by atomic mass is 9.89. The molecule has 0 spiro atoms. The molecule has 2 aromatic heterocycles. The molecule has 2 amide bonds. The summed E-state index contributed by atoms with van der Waals surface area (Å²) < 4.78 is 8.11. The minimum absolute atomic E-state index is 0.0301. The van der Waals surface area contributed by atoms with Crippen LogP contribution in [-0.4, -0.2) is 94.7 Å². The van der Waals surface area contributed by atoms with Crippen LogP contribution < -0.4 is 10.6 Å². The average Bonchev–Trinajstić information content (AvgIpc) is 3.62. The van der Waals surface area contributed by atoms with Crippen molar-refractivity contribution in [3.8, 4) is 11.1 Å². The summed E-state index contributed by atoms with van der Waals surface area (Å²) in [5.74, 6) is -1.02. The molecule has 3 heterocycles. The molecule has 13 heteroatoms. The highest BCUT2D eigenvalue weighted by Crippen LogP contribution is 2.38. The molecule has 1 fully saturated rings. The Labute approximate surface area is 267 Å². The number of aldehydes is 1. The summed E-state index contributed by atoms with van der Waals surface area (Å²) in [5, 5.41) is 16.5. The molecule has 5 rings (SSSR count). The standard InChI is InChI=1S/C28H33N7O4.C5H8O2/c1-33-11-9-18(10-12-33)28-27-21(19-7-8-20-14-31-34(2)23(20)13-19)5-4-6-22(27)35(32-28)17-25(37)29-15-24(36)30-16-26(38)39-3;1-5(7)3-2-4-6/h4-8,13-14,18H,9-12,15-17H2,1-3H3,(H,29,37)(H,30,36);4H,2-3H2,1H3. The molecule has 0 unspecified atom stereocenters. The molecule has 2 N–H and O–H groups in total. The second kappa shape index (κ2) is 15.9. The maximum absolute atomic E-state index is 12.8. The first-order chi connectivity index (χ1) is 22.1. The van der Waals surface area contributed by atoms with Crippen molar-refractivity contribution in [3.05, 3.63) is 48.3 Å². The van der Waals surface area contributed by atoms with Crippen molar-refractivity contribution in [2.75, 3.05) is 40.3 Å². The highest BCUT2D eigenvalue weighted by molar-refractivity contribution is 5.99. The molecule has 1 aliphatic heterocycles. The monoisotopic (exact) mass is 631 g/mol. The minimum Gasteiger partial charge on any atom is -0.468 e. The number of hydrogen-bond acceptors (Lipinski definition) is 9. The molecule has 4 aromatic rings. The van der Waals surface area contributed by atoms with Gasteiger partial charge in [-0.25, -0.2) is 0 Å². The lowest BCUT2D eigenvalue weighted by molar-refractivity contribution is -0.141. The zero-order valence-electron chi connectivity index (χ0n) is 26.7. The van der Waals surface area contributed by atoms with Crippen LogP contribution in [-0.2, 0) is 42.3 Å². The molecule has 0 bridgehead atoms. The molecule has 244 valence electrons. The maximum Gasteiger partial charge on any atom is 0.325 e. The van der Waals surface area contributed by atoms with Crippen LogP contribution in [0.4, 0.5) is 0 Å². The number of amides is 2. The summed E-state index contributed by atoms with van der Waals surface area (Å²) in [5.41, 5.74) is 5.05. The van der Waals surface area contributed by atoms with E-state index in [9.17, 15) is 24.0 Å². The van der Waals surface area contributed by atoms with E-state index in [2.05, 4.69) is 56.7 Å². The zero-order chi connectivity index (χ0) is 33.2. The molecular weight excluding hydrogens is 590 g/mol. The first kappa shape index (κ1) is 34.0. The number of rotatable bonds is 11. The number of benzene rings is 2. The smallest absolute Gasteiger partial charge is 0.325 e. The molecule has 13 nitrogen and oxygen atoms in total. The first-order valence-electron chi connectivity index (χ1n) is 15.2. The van der Waals surface area contributed by atoms with Crippen molar-refractivity contribution in [2.24, 2.45) is 7.05 Å². The Hall–Kier alpha value is -4.91. The second-order valence-corrected chi connectivity index (χ2v) is 11.4. The van der Waals surface area contributed by atoms with Crippen molar-refractivity contribution in [1.29, 1.82) is 0 Å². The largest absolute Gasteiger partial charge is 0.468 e. The molecule has 0 saturated carbocycles. The van der Waals surface area contributed by atoms with Crippen LogP contribution >= 0.6 is 0 Å². The Balaban J connectivity index is 0.000000617. The predicted octanol–water partition coefficient (Wildman–Crippen LogP) is 2.36. The van der Waals surface area contributed by atoms with Gasteiger partial charge in [-0.15, -0.1) is 0 Å². The van der Waals surface area contributed by atoms with Gasteiger partial charge >= 0.3 is 5.97 Å². The van der Waals surface area contributed by atoms with Crippen LogP contribution in [0.25, 0.3) is 32.9 Å². The Morgan fingerprint density at radius 3 is 2.41 bits per heavy atom. The van der Waals surface area contributed by atoms with Crippen molar-refractivity contribution in [3.63, 3.8) is 0 Å². The first-order valence-corrected chi connectivity index (χ1v) is 15.2. The van der Waals surface area contributed by atoms with Gasteiger partial charge in [-0.2, -0.15) is 10.2 Å². The Kier molecular flexibility index (Phi) is 11.7. The zero-order valence-corrected chi connectivity index (χ0v) is 26.7. The molecule has 0 radical (unpaired) electrons. The van der Waals surface area contributed by atoms with Gasteiger partial charge in [0.2, 0.25) is 11.8 Å². The Morgan fingerprint density at radius 2 is 1.74 bits per heavy atom. The van der Waals surface area contributed by atoms with E-state index in [0.717, 1.165) is 70.8 Å². The maximum atomic E-state index is 12.8. The highest BCUT2D eigenvalue weighted by Gasteiger charge is 2.26. The van der Waals surface area contributed by atoms with Crippen LogP contribution in [0.1, 0.15) is 44.2 Å². The van der Waals surface area contributed by atoms with E-state index in [1.807, 2.05) is 30.1 Å². The van der Waals surface area contributed by atoms with Crippen LogP contribution in [0, 0.1) is 0 Å². The van der Waals surface area contributed by atoms with E-state index in [4.69, 9.17) is 5.10 Å². The third-order valence-electron chi connectivity index (χ3n) is 7.98. The van der Waals surface area contributed by atoms with Gasteiger partial charge < -0.3 is 29.9 Å². The fraction of sp³-hybridized carbons (Fsp3) is 0.424. The average molecular weight is 632 g/mol. The van der Waals surface area contributed by atoms with Crippen LogP contribution in [0.2, 0.25) is 0 Å². The fourth-order valence-corrected chi connectivity index (χ4v) is 5.44. The molecule has 2 aromatic carbocycles. The second-order valence-electron chi connectivity index (χ2n) is 11.4. The number of aryl methyl sites for hydroxylation is 1. The number of piperidine rings is 1. The van der Waals surface area contributed by atoms with Crippen LogP contribution in [0.5, 0.6) is 0 Å². The number of ketones is 1. The van der Waals surface area contributed by atoms with E-state index in [-0.39, 0.29) is 37.2 Å². The minimum atomic E-state index is -0.558. The van der Waals surface area contributed by atoms with Gasteiger partial charge in [0.05, 0.1) is 36.6 Å². The van der Waals surface area contributed by atoms with Crippen LogP contribution in [0.3, 0.4) is 0 Å². The highest BCUT2D eigenvalue weighted by atomic mass is 16.5. The number of nitrogens with zero attached hydrogens (tertiary/aromatic N) is 5. The summed E-state index contributed by atoms with van der Waals surface area (Å²) in [6.45, 7) is 2.93.